The van der Waals surface area contributed by atoms with Gasteiger partial charge in [0.25, 0.3) is 0 Å². The molecule has 31 heavy (non-hydrogen) atoms. The summed E-state index contributed by atoms with van der Waals surface area (Å²) in [5, 5.41) is 16.7. The van der Waals surface area contributed by atoms with Crippen LogP contribution < -0.4 is 5.32 Å². The van der Waals surface area contributed by atoms with Gasteiger partial charge in [0.15, 0.2) is 5.13 Å². The van der Waals surface area contributed by atoms with Crippen LogP contribution in [-0.4, -0.2) is 36.9 Å². The summed E-state index contributed by atoms with van der Waals surface area (Å²) >= 11 is 2.31. The summed E-state index contributed by atoms with van der Waals surface area (Å²) < 4.78 is 28.9. The number of thioether (sulfide) groups is 1. The molecule has 0 saturated carbocycles. The van der Waals surface area contributed by atoms with E-state index in [4.69, 9.17) is 0 Å². The van der Waals surface area contributed by atoms with Crippen molar-refractivity contribution in [1.82, 2.24) is 25.2 Å². The summed E-state index contributed by atoms with van der Waals surface area (Å²) in [6, 6.07) is 9.06. The van der Waals surface area contributed by atoms with E-state index in [0.29, 0.717) is 10.3 Å². The summed E-state index contributed by atoms with van der Waals surface area (Å²) in [5.74, 6) is -1.42. The molecule has 0 radical (unpaired) electrons. The Morgan fingerprint density at radius 2 is 2.03 bits per heavy atom. The Labute approximate surface area is 184 Å². The number of aromatic nitrogens is 5. The number of benzene rings is 2. The van der Waals surface area contributed by atoms with E-state index in [9.17, 15) is 13.6 Å². The van der Waals surface area contributed by atoms with Crippen molar-refractivity contribution in [2.45, 2.75) is 19.0 Å². The fraction of sp³-hybridized carbons (Fsp3) is 0.150. The van der Waals surface area contributed by atoms with Gasteiger partial charge in [0.2, 0.25) is 11.1 Å². The van der Waals surface area contributed by atoms with Crippen molar-refractivity contribution in [1.29, 1.82) is 0 Å². The molecule has 1 amide bonds. The maximum atomic E-state index is 13.9. The second-order valence-corrected chi connectivity index (χ2v) is 8.46. The quantitative estimate of drug-likeness (QED) is 0.431. The summed E-state index contributed by atoms with van der Waals surface area (Å²) in [6.45, 7) is 3.97. The lowest BCUT2D eigenvalue weighted by atomic mass is 10.1. The molecule has 1 N–H and O–H groups in total. The van der Waals surface area contributed by atoms with Gasteiger partial charge in [0, 0.05) is 10.9 Å². The summed E-state index contributed by atoms with van der Waals surface area (Å²) in [5.41, 5.74) is 3.27. The Morgan fingerprint density at radius 1 is 1.19 bits per heavy atom. The lowest BCUT2D eigenvalue weighted by Crippen LogP contribution is -2.14. The van der Waals surface area contributed by atoms with Crippen molar-refractivity contribution in [3.05, 3.63) is 64.5 Å². The smallest absolute Gasteiger partial charge is 0.236 e. The van der Waals surface area contributed by atoms with Crippen molar-refractivity contribution in [2.75, 3.05) is 11.1 Å². The van der Waals surface area contributed by atoms with Gasteiger partial charge in [0.1, 0.15) is 11.6 Å². The fourth-order valence-electron chi connectivity index (χ4n) is 2.90. The zero-order valence-electron chi connectivity index (χ0n) is 16.5. The topological polar surface area (TPSA) is 85.6 Å². The first kappa shape index (κ1) is 21.1. The lowest BCUT2D eigenvalue weighted by Gasteiger charge is -2.08. The molecule has 0 aliphatic carbocycles. The second-order valence-electron chi connectivity index (χ2n) is 6.66. The number of rotatable bonds is 6. The van der Waals surface area contributed by atoms with Crippen molar-refractivity contribution in [2.24, 2.45) is 0 Å². The molecule has 4 aromatic rings. The van der Waals surface area contributed by atoms with Crippen LogP contribution in [0.1, 0.15) is 11.1 Å². The molecule has 0 aliphatic rings. The number of hydrogen-bond acceptors (Lipinski definition) is 7. The van der Waals surface area contributed by atoms with E-state index in [1.165, 1.54) is 11.8 Å². The molecule has 0 fully saturated rings. The Bertz CT molecular complexity index is 1260. The van der Waals surface area contributed by atoms with Crippen molar-refractivity contribution >= 4 is 34.1 Å². The van der Waals surface area contributed by atoms with E-state index in [1.807, 2.05) is 32.0 Å². The van der Waals surface area contributed by atoms with Crippen LogP contribution in [0.5, 0.6) is 0 Å². The molecule has 0 unspecified atom stereocenters. The Kier molecular flexibility index (Phi) is 6.05. The zero-order chi connectivity index (χ0) is 22.0. The molecule has 0 atom stereocenters. The molecule has 0 aliphatic heterocycles. The van der Waals surface area contributed by atoms with Crippen molar-refractivity contribution in [3.63, 3.8) is 0 Å². The largest absolute Gasteiger partial charge is 0.301 e. The maximum Gasteiger partial charge on any atom is 0.236 e. The van der Waals surface area contributed by atoms with Crippen LogP contribution in [0, 0.1) is 25.5 Å². The van der Waals surface area contributed by atoms with Crippen LogP contribution in [0.2, 0.25) is 0 Å². The molecule has 0 bridgehead atoms. The highest BCUT2D eigenvalue weighted by molar-refractivity contribution is 7.99. The van der Waals surface area contributed by atoms with E-state index >= 15 is 0 Å². The van der Waals surface area contributed by atoms with Gasteiger partial charge in [-0.15, -0.1) is 16.4 Å². The molecule has 4 rings (SSSR count). The van der Waals surface area contributed by atoms with Crippen molar-refractivity contribution < 1.29 is 13.6 Å². The SMILES string of the molecule is Cc1ccc(-n2nnnc2SCC(=O)Nc2nc(-c3cc(F)ccc3F)cs2)c(C)c1. The summed E-state index contributed by atoms with van der Waals surface area (Å²) in [4.78, 5) is 16.5. The van der Waals surface area contributed by atoms with Gasteiger partial charge in [0.05, 0.1) is 17.1 Å². The van der Waals surface area contributed by atoms with Crippen LogP contribution in [0.25, 0.3) is 16.9 Å². The number of carbonyl (C=O) groups is 1. The molecule has 2 heterocycles. The van der Waals surface area contributed by atoms with Gasteiger partial charge in [-0.1, -0.05) is 29.5 Å². The Hall–Kier alpha value is -3.18. The Morgan fingerprint density at radius 3 is 2.84 bits per heavy atom. The van der Waals surface area contributed by atoms with Gasteiger partial charge in [-0.2, -0.15) is 4.68 Å². The standard InChI is InChI=1S/C20H16F2N6OS2/c1-11-3-6-17(12(2)7-11)28-20(25-26-27-28)31-10-18(29)24-19-23-16(9-30-19)14-8-13(21)4-5-15(14)22/h3-9H,10H2,1-2H3,(H,23,24,29). The molecule has 11 heteroatoms. The number of nitrogens with zero attached hydrogens (tertiary/aromatic N) is 5. The molecule has 2 aromatic carbocycles. The summed E-state index contributed by atoms with van der Waals surface area (Å²) in [7, 11) is 0. The molecular weight excluding hydrogens is 442 g/mol. The van der Waals surface area contributed by atoms with Crippen LogP contribution in [0.15, 0.2) is 46.9 Å². The average molecular weight is 459 g/mol. The normalized spacial score (nSPS) is 11.0. The van der Waals surface area contributed by atoms with Gasteiger partial charge < -0.3 is 5.32 Å². The molecule has 2 aromatic heterocycles. The minimum atomic E-state index is -0.585. The number of thiazole rings is 1. The molecular formula is C20H16F2N6OS2. The fourth-order valence-corrected chi connectivity index (χ4v) is 4.31. The van der Waals surface area contributed by atoms with Crippen molar-refractivity contribution in [3.8, 4) is 16.9 Å². The van der Waals surface area contributed by atoms with Crippen LogP contribution in [0.3, 0.4) is 0 Å². The third-order valence-corrected chi connectivity index (χ3v) is 5.99. The first-order chi connectivity index (χ1) is 14.9. The van der Waals surface area contributed by atoms with E-state index in [0.717, 1.165) is 46.4 Å². The van der Waals surface area contributed by atoms with Gasteiger partial charge >= 0.3 is 0 Å². The number of nitrogens with one attached hydrogen (secondary N) is 1. The molecule has 0 spiro atoms. The molecule has 0 saturated heterocycles. The number of halogens is 2. The minimum Gasteiger partial charge on any atom is -0.301 e. The van der Waals surface area contributed by atoms with Gasteiger partial charge in [-0.25, -0.2) is 13.8 Å². The first-order valence-corrected chi connectivity index (χ1v) is 11.0. The van der Waals surface area contributed by atoms with E-state index < -0.39 is 11.6 Å². The number of aryl methyl sites for hydroxylation is 2. The third-order valence-electron chi connectivity index (χ3n) is 4.31. The maximum absolute atomic E-state index is 13.9. The Balaban J connectivity index is 1.42. The highest BCUT2D eigenvalue weighted by Crippen LogP contribution is 2.28. The van der Waals surface area contributed by atoms with Crippen LogP contribution >= 0.6 is 23.1 Å². The monoisotopic (exact) mass is 458 g/mol. The number of hydrogen-bond donors (Lipinski definition) is 1. The van der Waals surface area contributed by atoms with Gasteiger partial charge in [-0.3, -0.25) is 4.79 Å². The predicted octanol–water partition coefficient (Wildman–Crippen LogP) is 4.41. The minimum absolute atomic E-state index is 0.0405. The number of anilines is 1. The van der Waals surface area contributed by atoms with E-state index in [1.54, 1.807) is 10.1 Å². The number of tetrazole rings is 1. The zero-order valence-corrected chi connectivity index (χ0v) is 18.1. The second kappa shape index (κ2) is 8.90. The number of amides is 1. The van der Waals surface area contributed by atoms with E-state index in [-0.39, 0.29) is 22.9 Å². The van der Waals surface area contributed by atoms with Crippen LogP contribution in [-0.2, 0) is 4.79 Å². The van der Waals surface area contributed by atoms with E-state index in [2.05, 4.69) is 25.8 Å². The van der Waals surface area contributed by atoms with Gasteiger partial charge in [-0.05, 0) is 54.1 Å². The average Bonchev–Trinajstić information content (AvgIpc) is 3.38. The first-order valence-electron chi connectivity index (χ1n) is 9.10. The molecule has 158 valence electrons. The van der Waals surface area contributed by atoms with Crippen LogP contribution in [0.4, 0.5) is 13.9 Å². The highest BCUT2D eigenvalue weighted by atomic mass is 32.2. The molecule has 7 nitrogen and oxygen atoms in total. The third kappa shape index (κ3) is 4.78. The predicted molar refractivity (Wildman–Crippen MR) is 115 cm³/mol. The summed E-state index contributed by atoms with van der Waals surface area (Å²) in [6.07, 6.45) is 0. The lowest BCUT2D eigenvalue weighted by molar-refractivity contribution is -0.113. The highest BCUT2D eigenvalue weighted by Gasteiger charge is 2.15. The number of carbonyl (C=O) groups excluding carboxylic acids is 1.